The zero-order valence-corrected chi connectivity index (χ0v) is 12.3. The first kappa shape index (κ1) is 12.1. The Labute approximate surface area is 120 Å². The lowest BCUT2D eigenvalue weighted by molar-refractivity contribution is 0.900. The van der Waals surface area contributed by atoms with E-state index in [9.17, 15) is 0 Å². The lowest BCUT2D eigenvalue weighted by Gasteiger charge is -2.07. The summed E-state index contributed by atoms with van der Waals surface area (Å²) in [5.74, 6) is 0.723. The smallest absolute Gasteiger partial charge is 0.161 e. The number of rotatable bonds is 1. The first-order valence-electron chi connectivity index (χ1n) is 5.97. The molecule has 0 spiro atoms. The molecule has 0 N–H and O–H groups in total. The standard InChI is InChI=1S/C14H12BrClN2/c1-8-5-6-9(7-11(8)15)14-17-12-4-2-3-10(12)13(16)18-14/h5-7H,2-4H2,1H3. The van der Waals surface area contributed by atoms with Gasteiger partial charge in [0.1, 0.15) is 5.15 Å². The lowest BCUT2D eigenvalue weighted by atomic mass is 10.1. The van der Waals surface area contributed by atoms with Gasteiger partial charge in [-0.15, -0.1) is 0 Å². The van der Waals surface area contributed by atoms with Crippen LogP contribution in [0.2, 0.25) is 5.15 Å². The molecule has 0 unspecified atom stereocenters. The molecule has 2 aromatic rings. The van der Waals surface area contributed by atoms with E-state index in [0.717, 1.165) is 46.4 Å². The molecule has 1 aliphatic carbocycles. The number of nitrogens with zero attached hydrogens (tertiary/aromatic N) is 2. The molecule has 0 aliphatic heterocycles. The highest BCUT2D eigenvalue weighted by Gasteiger charge is 2.18. The highest BCUT2D eigenvalue weighted by molar-refractivity contribution is 9.10. The van der Waals surface area contributed by atoms with Crippen molar-refractivity contribution in [3.05, 3.63) is 44.6 Å². The van der Waals surface area contributed by atoms with E-state index in [4.69, 9.17) is 11.6 Å². The van der Waals surface area contributed by atoms with Gasteiger partial charge in [0, 0.05) is 21.3 Å². The predicted octanol–water partition coefficient (Wildman–Crippen LogP) is 4.36. The second-order valence-corrected chi connectivity index (χ2v) is 5.79. The maximum atomic E-state index is 6.23. The second-order valence-electron chi connectivity index (χ2n) is 4.58. The minimum Gasteiger partial charge on any atom is -0.233 e. The van der Waals surface area contributed by atoms with Crippen LogP contribution < -0.4 is 0 Å². The molecule has 3 rings (SSSR count). The molecular weight excluding hydrogens is 312 g/mol. The summed E-state index contributed by atoms with van der Waals surface area (Å²) in [4.78, 5) is 9.06. The van der Waals surface area contributed by atoms with E-state index in [1.807, 2.05) is 12.1 Å². The molecule has 0 radical (unpaired) electrons. The average molecular weight is 324 g/mol. The highest BCUT2D eigenvalue weighted by atomic mass is 79.9. The molecule has 0 saturated carbocycles. The van der Waals surface area contributed by atoms with Crippen LogP contribution >= 0.6 is 27.5 Å². The van der Waals surface area contributed by atoms with E-state index in [1.54, 1.807) is 0 Å². The van der Waals surface area contributed by atoms with E-state index in [1.165, 1.54) is 5.56 Å². The molecule has 0 atom stereocenters. The fraction of sp³-hybridized carbons (Fsp3) is 0.286. The Bertz CT molecular complexity index is 625. The molecule has 4 heteroatoms. The third-order valence-electron chi connectivity index (χ3n) is 3.31. The Hall–Kier alpha value is -0.930. The summed E-state index contributed by atoms with van der Waals surface area (Å²) in [6.07, 6.45) is 3.15. The van der Waals surface area contributed by atoms with Crippen LogP contribution in [0.3, 0.4) is 0 Å². The van der Waals surface area contributed by atoms with Crippen molar-refractivity contribution in [1.29, 1.82) is 0 Å². The van der Waals surface area contributed by atoms with Crippen molar-refractivity contribution in [3.8, 4) is 11.4 Å². The largest absolute Gasteiger partial charge is 0.233 e. The Kier molecular flexibility index (Phi) is 3.12. The number of hydrogen-bond donors (Lipinski definition) is 0. The molecule has 2 nitrogen and oxygen atoms in total. The van der Waals surface area contributed by atoms with Crippen molar-refractivity contribution in [2.45, 2.75) is 26.2 Å². The van der Waals surface area contributed by atoms with Crippen LogP contribution in [0.25, 0.3) is 11.4 Å². The van der Waals surface area contributed by atoms with Gasteiger partial charge in [-0.3, -0.25) is 0 Å². The van der Waals surface area contributed by atoms with Gasteiger partial charge in [0.15, 0.2) is 5.82 Å². The number of aryl methyl sites for hydroxylation is 2. The minimum atomic E-state index is 0.615. The Morgan fingerprint density at radius 3 is 2.83 bits per heavy atom. The van der Waals surface area contributed by atoms with Crippen molar-refractivity contribution in [2.75, 3.05) is 0 Å². The van der Waals surface area contributed by atoms with Crippen LogP contribution in [0.1, 0.15) is 23.2 Å². The van der Waals surface area contributed by atoms with Crippen LogP contribution in [0, 0.1) is 6.92 Å². The molecule has 1 aromatic heterocycles. The first-order chi connectivity index (χ1) is 8.65. The minimum absolute atomic E-state index is 0.615. The summed E-state index contributed by atoms with van der Waals surface area (Å²) < 4.78 is 1.07. The molecule has 18 heavy (non-hydrogen) atoms. The Balaban J connectivity index is 2.12. The zero-order valence-electron chi connectivity index (χ0n) is 10.0. The fourth-order valence-electron chi connectivity index (χ4n) is 2.25. The monoisotopic (exact) mass is 322 g/mol. The number of halogens is 2. The summed E-state index contributed by atoms with van der Waals surface area (Å²) in [7, 11) is 0. The van der Waals surface area contributed by atoms with Crippen LogP contribution in [-0.2, 0) is 12.8 Å². The third kappa shape index (κ3) is 2.06. The van der Waals surface area contributed by atoms with Crippen molar-refractivity contribution in [2.24, 2.45) is 0 Å². The second kappa shape index (κ2) is 4.63. The summed E-state index contributed by atoms with van der Waals surface area (Å²) in [6.45, 7) is 2.06. The van der Waals surface area contributed by atoms with Gasteiger partial charge in [-0.05, 0) is 37.8 Å². The van der Waals surface area contributed by atoms with Crippen molar-refractivity contribution >= 4 is 27.5 Å². The molecular formula is C14H12BrClN2. The summed E-state index contributed by atoms with van der Waals surface area (Å²) >= 11 is 9.77. The fourth-order valence-corrected chi connectivity index (χ4v) is 2.91. The quantitative estimate of drug-likeness (QED) is 0.729. The maximum Gasteiger partial charge on any atom is 0.161 e. The molecule has 1 aliphatic rings. The lowest BCUT2D eigenvalue weighted by Crippen LogP contribution is -1.97. The Morgan fingerprint density at radius 1 is 1.22 bits per heavy atom. The van der Waals surface area contributed by atoms with Gasteiger partial charge in [0.25, 0.3) is 0 Å². The topological polar surface area (TPSA) is 25.8 Å². The maximum absolute atomic E-state index is 6.23. The van der Waals surface area contributed by atoms with E-state index in [0.29, 0.717) is 5.15 Å². The van der Waals surface area contributed by atoms with Crippen LogP contribution in [0.5, 0.6) is 0 Å². The average Bonchev–Trinajstić information content (AvgIpc) is 2.81. The van der Waals surface area contributed by atoms with Gasteiger partial charge in [0.2, 0.25) is 0 Å². The molecule has 0 fully saturated rings. The van der Waals surface area contributed by atoms with E-state index in [-0.39, 0.29) is 0 Å². The Morgan fingerprint density at radius 2 is 2.06 bits per heavy atom. The van der Waals surface area contributed by atoms with Crippen LogP contribution in [0.15, 0.2) is 22.7 Å². The number of aromatic nitrogens is 2. The van der Waals surface area contributed by atoms with Crippen LogP contribution in [-0.4, -0.2) is 9.97 Å². The summed E-state index contributed by atoms with van der Waals surface area (Å²) in [5, 5.41) is 0.615. The third-order valence-corrected chi connectivity index (χ3v) is 4.48. The first-order valence-corrected chi connectivity index (χ1v) is 7.14. The van der Waals surface area contributed by atoms with Crippen LogP contribution in [0.4, 0.5) is 0 Å². The van der Waals surface area contributed by atoms with E-state index in [2.05, 4.69) is 38.9 Å². The number of fused-ring (bicyclic) bond motifs is 1. The molecule has 0 saturated heterocycles. The molecule has 0 bridgehead atoms. The van der Waals surface area contributed by atoms with Gasteiger partial charge in [-0.25, -0.2) is 9.97 Å². The van der Waals surface area contributed by atoms with Crippen molar-refractivity contribution in [3.63, 3.8) is 0 Å². The van der Waals surface area contributed by atoms with Gasteiger partial charge < -0.3 is 0 Å². The normalized spacial score (nSPS) is 13.7. The van der Waals surface area contributed by atoms with Gasteiger partial charge in [-0.1, -0.05) is 39.7 Å². The number of benzene rings is 1. The van der Waals surface area contributed by atoms with Gasteiger partial charge in [0.05, 0.1) is 0 Å². The van der Waals surface area contributed by atoms with E-state index < -0.39 is 0 Å². The highest BCUT2D eigenvalue weighted by Crippen LogP contribution is 2.30. The predicted molar refractivity (Wildman–Crippen MR) is 76.9 cm³/mol. The SMILES string of the molecule is Cc1ccc(-c2nc(Cl)c3c(n2)CCC3)cc1Br. The molecule has 1 aromatic carbocycles. The molecule has 92 valence electrons. The summed E-state index contributed by atoms with van der Waals surface area (Å²) in [6, 6.07) is 6.14. The van der Waals surface area contributed by atoms with Crippen molar-refractivity contribution < 1.29 is 0 Å². The zero-order chi connectivity index (χ0) is 12.7. The van der Waals surface area contributed by atoms with E-state index >= 15 is 0 Å². The van der Waals surface area contributed by atoms with Gasteiger partial charge in [-0.2, -0.15) is 0 Å². The molecule has 1 heterocycles. The van der Waals surface area contributed by atoms with Crippen molar-refractivity contribution in [1.82, 2.24) is 9.97 Å². The summed E-state index contributed by atoms with van der Waals surface area (Å²) in [5.41, 5.74) is 4.45. The number of hydrogen-bond acceptors (Lipinski definition) is 2. The molecule has 0 amide bonds. The van der Waals surface area contributed by atoms with Gasteiger partial charge >= 0.3 is 0 Å².